The van der Waals surface area contributed by atoms with E-state index in [0.717, 1.165) is 44.3 Å². The average Bonchev–Trinajstić information content (AvgIpc) is 3.34. The Kier molecular flexibility index (Phi) is 5.57. The Morgan fingerprint density at radius 3 is 2.74 bits per heavy atom. The van der Waals surface area contributed by atoms with Crippen molar-refractivity contribution < 1.29 is 9.84 Å². The van der Waals surface area contributed by atoms with Crippen LogP contribution in [0.3, 0.4) is 0 Å². The molecule has 4 heteroatoms. The fourth-order valence-corrected chi connectivity index (χ4v) is 3.69. The highest BCUT2D eigenvalue weighted by Gasteiger charge is 2.30. The van der Waals surface area contributed by atoms with Gasteiger partial charge in [-0.15, -0.1) is 0 Å². The van der Waals surface area contributed by atoms with Crippen molar-refractivity contribution in [2.24, 2.45) is 5.92 Å². The summed E-state index contributed by atoms with van der Waals surface area (Å²) < 4.78 is 5.35. The molecular formula is C19H30N2O2. The van der Waals surface area contributed by atoms with Gasteiger partial charge in [-0.1, -0.05) is 12.1 Å². The molecule has 0 spiro atoms. The molecule has 0 unspecified atom stereocenters. The minimum Gasteiger partial charge on any atom is -0.496 e. The van der Waals surface area contributed by atoms with Crippen LogP contribution in [0.5, 0.6) is 5.75 Å². The van der Waals surface area contributed by atoms with Crippen molar-refractivity contribution in [1.29, 1.82) is 0 Å². The smallest absolute Gasteiger partial charge is 0.121 e. The summed E-state index contributed by atoms with van der Waals surface area (Å²) in [6.45, 7) is 7.97. The quantitative estimate of drug-likeness (QED) is 0.837. The van der Waals surface area contributed by atoms with Crippen LogP contribution in [0.2, 0.25) is 0 Å². The van der Waals surface area contributed by atoms with Crippen molar-refractivity contribution in [3.05, 3.63) is 29.3 Å². The topological polar surface area (TPSA) is 35.9 Å². The van der Waals surface area contributed by atoms with Gasteiger partial charge in [0.15, 0.2) is 0 Å². The van der Waals surface area contributed by atoms with E-state index in [-0.39, 0.29) is 6.61 Å². The van der Waals surface area contributed by atoms with Gasteiger partial charge in [0, 0.05) is 45.4 Å². The Morgan fingerprint density at radius 1 is 1.26 bits per heavy atom. The Balaban J connectivity index is 1.61. The predicted octanol–water partition coefficient (Wildman–Crippen LogP) is 2.28. The normalized spacial score (nSPS) is 23.2. The van der Waals surface area contributed by atoms with Crippen molar-refractivity contribution in [1.82, 2.24) is 9.80 Å². The minimum absolute atomic E-state index is 0.278. The van der Waals surface area contributed by atoms with E-state index in [1.54, 1.807) is 7.11 Å². The number of methoxy groups -OCH3 is 1. The van der Waals surface area contributed by atoms with Crippen LogP contribution in [0.15, 0.2) is 18.2 Å². The van der Waals surface area contributed by atoms with Crippen LogP contribution in [-0.4, -0.2) is 60.8 Å². The highest BCUT2D eigenvalue weighted by Crippen LogP contribution is 2.31. The first kappa shape index (κ1) is 16.7. The second-order valence-corrected chi connectivity index (χ2v) is 7.14. The van der Waals surface area contributed by atoms with Gasteiger partial charge in [-0.3, -0.25) is 4.90 Å². The molecule has 1 saturated carbocycles. The lowest BCUT2D eigenvalue weighted by Crippen LogP contribution is -2.53. The Hall–Kier alpha value is -1.10. The molecule has 1 aliphatic heterocycles. The Labute approximate surface area is 140 Å². The molecule has 1 aromatic rings. The van der Waals surface area contributed by atoms with E-state index in [1.807, 2.05) is 0 Å². The third-order valence-electron chi connectivity index (χ3n) is 5.21. The van der Waals surface area contributed by atoms with Gasteiger partial charge < -0.3 is 14.7 Å². The summed E-state index contributed by atoms with van der Waals surface area (Å²) in [6.07, 6.45) is 3.70. The molecule has 2 fully saturated rings. The lowest BCUT2D eigenvalue weighted by atomic mass is 10.1. The third kappa shape index (κ3) is 4.46. The standard InChI is InChI=1S/C19H30N2O2/c1-15-11-17(5-6-19(15)23-2)13-21-9-8-20(12-16-3-4-16)14-18(21)7-10-22/h5-6,11,16,18,22H,3-4,7-10,12-14H2,1-2H3/t18-/m1/s1. The molecule has 128 valence electrons. The van der Waals surface area contributed by atoms with Gasteiger partial charge in [-0.25, -0.2) is 0 Å². The number of hydrogen-bond acceptors (Lipinski definition) is 4. The van der Waals surface area contributed by atoms with E-state index in [9.17, 15) is 5.11 Å². The average molecular weight is 318 g/mol. The first-order chi connectivity index (χ1) is 11.2. The van der Waals surface area contributed by atoms with Crippen LogP contribution >= 0.6 is 0 Å². The number of piperazine rings is 1. The van der Waals surface area contributed by atoms with Crippen LogP contribution in [0.1, 0.15) is 30.4 Å². The SMILES string of the molecule is COc1ccc(CN2CCN(CC3CC3)C[C@H]2CCO)cc1C. The molecule has 0 radical (unpaired) electrons. The number of hydrogen-bond donors (Lipinski definition) is 1. The largest absolute Gasteiger partial charge is 0.496 e. The number of aliphatic hydroxyl groups is 1. The zero-order valence-corrected chi connectivity index (χ0v) is 14.5. The monoisotopic (exact) mass is 318 g/mol. The van der Waals surface area contributed by atoms with E-state index in [2.05, 4.69) is 34.9 Å². The summed E-state index contributed by atoms with van der Waals surface area (Å²) in [5, 5.41) is 9.43. The zero-order valence-electron chi connectivity index (χ0n) is 14.5. The number of aryl methyl sites for hydroxylation is 1. The molecule has 0 bridgehead atoms. The zero-order chi connectivity index (χ0) is 16.2. The molecule has 1 N–H and O–H groups in total. The van der Waals surface area contributed by atoms with Gasteiger partial charge >= 0.3 is 0 Å². The number of ether oxygens (including phenoxy) is 1. The number of benzene rings is 1. The summed E-state index contributed by atoms with van der Waals surface area (Å²) in [7, 11) is 1.72. The lowest BCUT2D eigenvalue weighted by Gasteiger charge is -2.41. The van der Waals surface area contributed by atoms with Crippen molar-refractivity contribution >= 4 is 0 Å². The molecule has 1 aliphatic carbocycles. The summed E-state index contributed by atoms with van der Waals surface area (Å²) in [5.41, 5.74) is 2.53. The van der Waals surface area contributed by atoms with Crippen molar-refractivity contribution in [3.63, 3.8) is 0 Å². The predicted molar refractivity (Wildman–Crippen MR) is 92.8 cm³/mol. The first-order valence-electron chi connectivity index (χ1n) is 8.90. The maximum atomic E-state index is 9.43. The maximum absolute atomic E-state index is 9.43. The summed E-state index contributed by atoms with van der Waals surface area (Å²) >= 11 is 0. The number of aliphatic hydroxyl groups excluding tert-OH is 1. The van der Waals surface area contributed by atoms with Crippen LogP contribution in [0.4, 0.5) is 0 Å². The van der Waals surface area contributed by atoms with E-state index in [1.165, 1.54) is 30.5 Å². The number of rotatable bonds is 7. The summed E-state index contributed by atoms with van der Waals surface area (Å²) in [4.78, 5) is 5.15. The Bertz CT molecular complexity index is 516. The molecule has 23 heavy (non-hydrogen) atoms. The van der Waals surface area contributed by atoms with Crippen LogP contribution in [0, 0.1) is 12.8 Å². The fourth-order valence-electron chi connectivity index (χ4n) is 3.69. The van der Waals surface area contributed by atoms with Crippen LogP contribution in [-0.2, 0) is 6.54 Å². The summed E-state index contributed by atoms with van der Waals surface area (Å²) in [6, 6.07) is 6.92. The molecule has 1 heterocycles. The molecule has 4 nitrogen and oxygen atoms in total. The summed E-state index contributed by atoms with van der Waals surface area (Å²) in [5.74, 6) is 1.90. The second kappa shape index (κ2) is 7.65. The third-order valence-corrected chi connectivity index (χ3v) is 5.21. The van der Waals surface area contributed by atoms with E-state index in [4.69, 9.17) is 4.74 Å². The Morgan fingerprint density at radius 2 is 2.09 bits per heavy atom. The fraction of sp³-hybridized carbons (Fsp3) is 0.684. The minimum atomic E-state index is 0.278. The van der Waals surface area contributed by atoms with Gasteiger partial charge in [-0.2, -0.15) is 0 Å². The highest BCUT2D eigenvalue weighted by molar-refractivity contribution is 5.36. The van der Waals surface area contributed by atoms with Gasteiger partial charge in [0.1, 0.15) is 5.75 Å². The molecule has 1 atom stereocenters. The molecule has 0 amide bonds. The van der Waals surface area contributed by atoms with Gasteiger partial charge in [0.2, 0.25) is 0 Å². The lowest BCUT2D eigenvalue weighted by molar-refractivity contribution is 0.0515. The van der Waals surface area contributed by atoms with Crippen molar-refractivity contribution in [2.75, 3.05) is 39.9 Å². The molecule has 0 aromatic heterocycles. The van der Waals surface area contributed by atoms with E-state index < -0.39 is 0 Å². The van der Waals surface area contributed by atoms with E-state index >= 15 is 0 Å². The molecular weight excluding hydrogens is 288 g/mol. The van der Waals surface area contributed by atoms with Crippen molar-refractivity contribution in [3.8, 4) is 5.75 Å². The highest BCUT2D eigenvalue weighted by atomic mass is 16.5. The van der Waals surface area contributed by atoms with Crippen molar-refractivity contribution in [2.45, 2.75) is 38.8 Å². The van der Waals surface area contributed by atoms with Gasteiger partial charge in [0.25, 0.3) is 0 Å². The first-order valence-corrected chi connectivity index (χ1v) is 8.90. The van der Waals surface area contributed by atoms with Crippen LogP contribution < -0.4 is 4.74 Å². The van der Waals surface area contributed by atoms with Crippen LogP contribution in [0.25, 0.3) is 0 Å². The number of nitrogens with zero attached hydrogens (tertiary/aromatic N) is 2. The molecule has 1 saturated heterocycles. The van der Waals surface area contributed by atoms with Gasteiger partial charge in [0.05, 0.1) is 7.11 Å². The molecule has 3 rings (SSSR count). The van der Waals surface area contributed by atoms with Gasteiger partial charge in [-0.05, 0) is 49.3 Å². The van der Waals surface area contributed by atoms with E-state index in [0.29, 0.717) is 6.04 Å². The molecule has 1 aromatic carbocycles. The molecule has 2 aliphatic rings. The second-order valence-electron chi connectivity index (χ2n) is 7.14. The maximum Gasteiger partial charge on any atom is 0.121 e.